The lowest BCUT2D eigenvalue weighted by molar-refractivity contribution is -0.114. The summed E-state index contributed by atoms with van der Waals surface area (Å²) in [6.45, 7) is 6.51. The Morgan fingerprint density at radius 2 is 2.00 bits per heavy atom. The molecule has 2 aromatic carbocycles. The summed E-state index contributed by atoms with van der Waals surface area (Å²) < 4.78 is 11.7. The number of aliphatic imine (C=N–C) groups is 1. The Hall–Kier alpha value is -3.90. The zero-order valence-electron chi connectivity index (χ0n) is 19.0. The molecule has 0 radical (unpaired) electrons. The lowest BCUT2D eigenvalue weighted by Crippen LogP contribution is -2.35. The number of carbonyl (C=O) groups is 1. The summed E-state index contributed by atoms with van der Waals surface area (Å²) in [4.78, 5) is 16.8. The van der Waals surface area contributed by atoms with Crippen molar-refractivity contribution in [3.8, 4) is 17.6 Å². The van der Waals surface area contributed by atoms with Gasteiger partial charge in [0.05, 0.1) is 23.8 Å². The maximum Gasteiger partial charge on any atom is 0.283 e. The van der Waals surface area contributed by atoms with Gasteiger partial charge in [-0.15, -0.1) is 0 Å². The van der Waals surface area contributed by atoms with Crippen molar-refractivity contribution >= 4 is 39.8 Å². The molecule has 0 saturated heterocycles. The number of ether oxygens (including phenoxy) is 2. The lowest BCUT2D eigenvalue weighted by Gasteiger charge is -2.20. The molecule has 0 aromatic heterocycles. The summed E-state index contributed by atoms with van der Waals surface area (Å²) in [7, 11) is 0. The first-order valence-electron chi connectivity index (χ1n) is 10.8. The largest absolute Gasteiger partial charge is 0.490 e. The van der Waals surface area contributed by atoms with E-state index in [1.54, 1.807) is 30.3 Å². The van der Waals surface area contributed by atoms with E-state index in [0.717, 1.165) is 10.6 Å². The van der Waals surface area contributed by atoms with Crippen molar-refractivity contribution in [1.29, 1.82) is 10.7 Å². The number of thioether (sulfide) groups is 1. The molecule has 0 aliphatic carbocycles. The van der Waals surface area contributed by atoms with Gasteiger partial charge in [-0.05, 0) is 48.5 Å². The van der Waals surface area contributed by atoms with E-state index in [0.29, 0.717) is 34.4 Å². The predicted octanol–water partition coefficient (Wildman–Crippen LogP) is 4.81. The standard InChI is InChI=1S/C25H23N5O3S/c1-4-32-21-12-16(9-10-20(21)33-14-18-8-6-5-7-17(18)13-26)11-19-22(27)30-25(28-23(19)31)34-24(29-30)15(2)3/h5-12,15,27H,4,14H2,1-3H3. The van der Waals surface area contributed by atoms with Gasteiger partial charge in [0, 0.05) is 11.5 Å². The molecule has 0 saturated carbocycles. The monoisotopic (exact) mass is 473 g/mol. The van der Waals surface area contributed by atoms with Crippen LogP contribution in [0.1, 0.15) is 37.5 Å². The minimum absolute atomic E-state index is 0.00968. The average molecular weight is 474 g/mol. The fourth-order valence-electron chi connectivity index (χ4n) is 3.32. The number of carbonyl (C=O) groups excluding carboxylic acids is 1. The van der Waals surface area contributed by atoms with Crippen LogP contribution >= 0.6 is 11.8 Å². The Kier molecular flexibility index (Phi) is 6.80. The molecule has 2 aliphatic rings. The number of nitriles is 1. The van der Waals surface area contributed by atoms with Crippen LogP contribution < -0.4 is 9.47 Å². The molecular formula is C25H23N5O3S. The van der Waals surface area contributed by atoms with E-state index in [2.05, 4.69) is 16.2 Å². The van der Waals surface area contributed by atoms with Crippen LogP contribution in [0.25, 0.3) is 6.08 Å². The third kappa shape index (κ3) is 4.72. The van der Waals surface area contributed by atoms with Crippen LogP contribution in [0.2, 0.25) is 0 Å². The summed E-state index contributed by atoms with van der Waals surface area (Å²) in [5.74, 6) is 0.710. The molecule has 1 N–H and O–H groups in total. The first kappa shape index (κ1) is 23.3. The van der Waals surface area contributed by atoms with Gasteiger partial charge in [-0.3, -0.25) is 10.2 Å². The van der Waals surface area contributed by atoms with Crippen LogP contribution in [0.15, 0.2) is 58.1 Å². The van der Waals surface area contributed by atoms with Gasteiger partial charge in [-0.25, -0.2) is 0 Å². The molecule has 8 nitrogen and oxygen atoms in total. The zero-order valence-corrected chi connectivity index (χ0v) is 19.8. The second kappa shape index (κ2) is 9.93. The predicted molar refractivity (Wildman–Crippen MR) is 133 cm³/mol. The van der Waals surface area contributed by atoms with Crippen molar-refractivity contribution in [2.75, 3.05) is 6.61 Å². The van der Waals surface area contributed by atoms with Crippen LogP contribution in [-0.2, 0) is 11.4 Å². The Morgan fingerprint density at radius 3 is 2.74 bits per heavy atom. The number of benzene rings is 2. The number of rotatable bonds is 7. The molecule has 2 heterocycles. The summed E-state index contributed by atoms with van der Waals surface area (Å²) in [5, 5.41) is 24.9. The van der Waals surface area contributed by atoms with Gasteiger partial charge in [0.15, 0.2) is 17.3 Å². The Morgan fingerprint density at radius 1 is 1.21 bits per heavy atom. The van der Waals surface area contributed by atoms with E-state index in [4.69, 9.17) is 14.9 Å². The molecule has 0 unspecified atom stereocenters. The lowest BCUT2D eigenvalue weighted by atomic mass is 10.1. The van der Waals surface area contributed by atoms with Crippen molar-refractivity contribution in [2.45, 2.75) is 27.4 Å². The van der Waals surface area contributed by atoms with Crippen LogP contribution in [-0.4, -0.2) is 33.6 Å². The van der Waals surface area contributed by atoms with E-state index in [9.17, 15) is 10.1 Å². The van der Waals surface area contributed by atoms with Crippen LogP contribution in [0.4, 0.5) is 0 Å². The van der Waals surface area contributed by atoms with E-state index >= 15 is 0 Å². The molecule has 2 aromatic rings. The maximum absolute atomic E-state index is 12.7. The van der Waals surface area contributed by atoms with Gasteiger partial charge < -0.3 is 9.47 Å². The molecule has 34 heavy (non-hydrogen) atoms. The number of hydrogen-bond donors (Lipinski definition) is 1. The van der Waals surface area contributed by atoms with Gasteiger partial charge in [0.1, 0.15) is 11.7 Å². The van der Waals surface area contributed by atoms with Crippen molar-refractivity contribution in [2.24, 2.45) is 16.0 Å². The third-order valence-electron chi connectivity index (χ3n) is 5.06. The minimum Gasteiger partial charge on any atom is -0.490 e. The number of amidine groups is 2. The highest BCUT2D eigenvalue weighted by molar-refractivity contribution is 8.27. The average Bonchev–Trinajstić information content (AvgIpc) is 3.26. The Bertz CT molecular complexity index is 1290. The smallest absolute Gasteiger partial charge is 0.283 e. The highest BCUT2D eigenvalue weighted by Gasteiger charge is 2.36. The second-order valence-electron chi connectivity index (χ2n) is 7.81. The molecule has 0 fully saturated rings. The van der Waals surface area contributed by atoms with Gasteiger partial charge >= 0.3 is 0 Å². The normalized spacial score (nSPS) is 16.3. The maximum atomic E-state index is 12.7. The van der Waals surface area contributed by atoms with E-state index < -0.39 is 5.91 Å². The fraction of sp³-hybridized carbons (Fsp3) is 0.240. The molecule has 0 atom stereocenters. The molecule has 4 rings (SSSR count). The van der Waals surface area contributed by atoms with Gasteiger partial charge in [0.2, 0.25) is 5.17 Å². The third-order valence-corrected chi connectivity index (χ3v) is 6.27. The molecule has 0 bridgehead atoms. The Balaban J connectivity index is 1.59. The van der Waals surface area contributed by atoms with E-state index in [1.165, 1.54) is 16.8 Å². The molecule has 9 heteroatoms. The summed E-state index contributed by atoms with van der Waals surface area (Å²) >= 11 is 1.32. The summed E-state index contributed by atoms with van der Waals surface area (Å²) in [5.41, 5.74) is 2.15. The number of hydrazone groups is 1. The van der Waals surface area contributed by atoms with Crippen LogP contribution in [0, 0.1) is 22.7 Å². The number of hydrogen-bond acceptors (Lipinski definition) is 7. The van der Waals surface area contributed by atoms with Gasteiger partial charge in [-0.2, -0.15) is 20.4 Å². The molecular weight excluding hydrogens is 450 g/mol. The summed E-state index contributed by atoms with van der Waals surface area (Å²) in [6.07, 6.45) is 1.61. The number of nitrogens with one attached hydrogen (secondary N) is 1. The van der Waals surface area contributed by atoms with Crippen molar-refractivity contribution < 1.29 is 14.3 Å². The van der Waals surface area contributed by atoms with Crippen molar-refractivity contribution in [3.63, 3.8) is 0 Å². The van der Waals surface area contributed by atoms with Gasteiger partial charge in [0.25, 0.3) is 5.91 Å². The highest BCUT2D eigenvalue weighted by Crippen LogP contribution is 2.33. The quantitative estimate of drug-likeness (QED) is 0.578. The summed E-state index contributed by atoms with van der Waals surface area (Å²) in [6, 6.07) is 14.7. The SMILES string of the molecule is CCOc1cc(C=C2C(=N)N3N=C(C(C)C)SC3=NC2=O)ccc1OCc1ccccc1C#N. The first-order chi connectivity index (χ1) is 16.4. The Labute approximate surface area is 202 Å². The number of amides is 1. The highest BCUT2D eigenvalue weighted by atomic mass is 32.2. The van der Waals surface area contributed by atoms with E-state index in [1.807, 2.05) is 39.0 Å². The molecule has 0 spiro atoms. The molecule has 172 valence electrons. The van der Waals surface area contributed by atoms with Crippen LogP contribution in [0.5, 0.6) is 11.5 Å². The van der Waals surface area contributed by atoms with E-state index in [-0.39, 0.29) is 23.9 Å². The minimum atomic E-state index is -0.477. The topological polar surface area (TPSA) is 111 Å². The van der Waals surface area contributed by atoms with Crippen LogP contribution in [0.3, 0.4) is 0 Å². The fourth-order valence-corrected chi connectivity index (χ4v) is 4.21. The zero-order chi connectivity index (χ0) is 24.2. The second-order valence-corrected chi connectivity index (χ2v) is 8.80. The number of fused-ring (bicyclic) bond motifs is 1. The number of nitrogens with zero attached hydrogens (tertiary/aromatic N) is 4. The van der Waals surface area contributed by atoms with Crippen molar-refractivity contribution in [1.82, 2.24) is 5.01 Å². The van der Waals surface area contributed by atoms with Crippen molar-refractivity contribution in [3.05, 3.63) is 64.7 Å². The molecule has 2 aliphatic heterocycles. The molecule has 1 amide bonds. The first-order valence-corrected chi connectivity index (χ1v) is 11.6. The van der Waals surface area contributed by atoms with Gasteiger partial charge in [-0.1, -0.05) is 38.1 Å².